The van der Waals surface area contributed by atoms with Crippen LogP contribution in [-0.4, -0.2) is 14.3 Å². The van der Waals surface area contributed by atoms with Gasteiger partial charge < -0.3 is 4.43 Å². The first kappa shape index (κ1) is 12.4. The predicted molar refractivity (Wildman–Crippen MR) is 58.1 cm³/mol. The minimum atomic E-state index is -1.75. The van der Waals surface area contributed by atoms with E-state index >= 15 is 0 Å². The van der Waals surface area contributed by atoms with Crippen molar-refractivity contribution in [3.8, 4) is 0 Å². The summed E-state index contributed by atoms with van der Waals surface area (Å²) in [6.45, 7) is 9.71. The molecule has 0 aliphatic carbocycles. The fourth-order valence-corrected chi connectivity index (χ4v) is 3.00. The fourth-order valence-electron chi connectivity index (χ4n) is 1.17. The van der Waals surface area contributed by atoms with Gasteiger partial charge in [0, 0.05) is 6.08 Å². The van der Waals surface area contributed by atoms with Crippen LogP contribution >= 0.6 is 0 Å². The third kappa shape index (κ3) is 6.58. The Morgan fingerprint density at radius 1 is 1.46 bits per heavy atom. The lowest BCUT2D eigenvalue weighted by atomic mass is 10.3. The van der Waals surface area contributed by atoms with E-state index in [2.05, 4.69) is 26.6 Å². The molecular formula is C10H20O2Si. The fraction of sp³-hybridized carbons (Fsp3) is 0.700. The van der Waals surface area contributed by atoms with Gasteiger partial charge in [-0.05, 0) is 19.1 Å². The monoisotopic (exact) mass is 200 g/mol. The predicted octanol–water partition coefficient (Wildman–Crippen LogP) is 3.11. The van der Waals surface area contributed by atoms with Crippen molar-refractivity contribution in [1.82, 2.24) is 0 Å². The molecule has 0 heterocycles. The molecule has 0 fully saturated rings. The Kier molecular flexibility index (Phi) is 5.71. The van der Waals surface area contributed by atoms with Crippen LogP contribution in [0.5, 0.6) is 0 Å². The number of carbonyl (C=O) groups is 1. The van der Waals surface area contributed by atoms with Gasteiger partial charge >= 0.3 is 5.97 Å². The summed E-state index contributed by atoms with van der Waals surface area (Å²) in [6.07, 6.45) is 4.84. The molecule has 0 aromatic rings. The summed E-state index contributed by atoms with van der Waals surface area (Å²) < 4.78 is 5.32. The van der Waals surface area contributed by atoms with Gasteiger partial charge in [0.15, 0.2) is 0 Å². The van der Waals surface area contributed by atoms with Crippen LogP contribution in [0, 0.1) is 0 Å². The lowest BCUT2D eigenvalue weighted by Crippen LogP contribution is -2.32. The minimum Gasteiger partial charge on any atom is -0.517 e. The molecule has 0 aromatic carbocycles. The molecule has 0 unspecified atom stereocenters. The Balaban J connectivity index is 3.78. The molecule has 0 saturated carbocycles. The van der Waals surface area contributed by atoms with Crippen LogP contribution in [0.1, 0.15) is 26.2 Å². The second-order valence-corrected chi connectivity index (χ2v) is 8.07. The second-order valence-electron chi connectivity index (χ2n) is 3.84. The minimum absolute atomic E-state index is 0.270. The highest BCUT2D eigenvalue weighted by atomic mass is 28.4. The van der Waals surface area contributed by atoms with Crippen molar-refractivity contribution in [1.29, 1.82) is 0 Å². The van der Waals surface area contributed by atoms with Gasteiger partial charge in [0.25, 0.3) is 0 Å². The summed E-state index contributed by atoms with van der Waals surface area (Å²) in [5, 5.41) is 0. The highest BCUT2D eigenvalue weighted by molar-refractivity contribution is 6.72. The van der Waals surface area contributed by atoms with Crippen molar-refractivity contribution in [2.24, 2.45) is 0 Å². The molecule has 0 atom stereocenters. The molecule has 2 nitrogen and oxygen atoms in total. The van der Waals surface area contributed by atoms with E-state index in [1.165, 1.54) is 25.3 Å². The topological polar surface area (TPSA) is 26.3 Å². The van der Waals surface area contributed by atoms with Gasteiger partial charge in [0.1, 0.15) is 0 Å². The molecule has 0 saturated heterocycles. The van der Waals surface area contributed by atoms with Crippen LogP contribution in [0.3, 0.4) is 0 Å². The smallest absolute Gasteiger partial charge is 0.316 e. The van der Waals surface area contributed by atoms with Crippen LogP contribution in [0.2, 0.25) is 19.1 Å². The number of rotatable bonds is 6. The van der Waals surface area contributed by atoms with Crippen molar-refractivity contribution >= 4 is 14.3 Å². The van der Waals surface area contributed by atoms with Crippen molar-refractivity contribution in [3.05, 3.63) is 12.7 Å². The average Bonchev–Trinajstić information content (AvgIpc) is 2.03. The Morgan fingerprint density at radius 3 is 2.54 bits per heavy atom. The van der Waals surface area contributed by atoms with Crippen LogP contribution < -0.4 is 0 Å². The molecule has 0 aliphatic heterocycles. The summed E-state index contributed by atoms with van der Waals surface area (Å²) in [5.41, 5.74) is 0. The average molecular weight is 200 g/mol. The Bertz CT molecular complexity index is 176. The van der Waals surface area contributed by atoms with E-state index in [1.54, 1.807) is 0 Å². The third-order valence-electron chi connectivity index (χ3n) is 1.93. The van der Waals surface area contributed by atoms with E-state index in [0.29, 0.717) is 0 Å². The lowest BCUT2D eigenvalue weighted by Gasteiger charge is -2.21. The summed E-state index contributed by atoms with van der Waals surface area (Å²) >= 11 is 0. The highest BCUT2D eigenvalue weighted by Crippen LogP contribution is 2.16. The molecule has 3 heteroatoms. The molecule has 0 aliphatic rings. The number of carbonyl (C=O) groups excluding carboxylic acids is 1. The molecule has 0 N–H and O–H groups in total. The first-order valence-corrected chi connectivity index (χ1v) is 7.99. The van der Waals surface area contributed by atoms with Gasteiger partial charge in [-0.3, -0.25) is 0 Å². The van der Waals surface area contributed by atoms with Crippen LogP contribution in [0.15, 0.2) is 12.7 Å². The summed E-state index contributed by atoms with van der Waals surface area (Å²) in [7, 11) is -1.75. The normalized spacial score (nSPS) is 11.0. The largest absolute Gasteiger partial charge is 0.517 e. The number of hydrogen-bond acceptors (Lipinski definition) is 2. The SMILES string of the molecule is C=CC(=O)O[Si](C)(C)CCCCC. The Labute approximate surface area is 82.1 Å². The van der Waals surface area contributed by atoms with E-state index in [1.807, 2.05) is 0 Å². The number of hydrogen-bond donors (Lipinski definition) is 0. The highest BCUT2D eigenvalue weighted by Gasteiger charge is 2.24. The molecule has 0 radical (unpaired) electrons. The van der Waals surface area contributed by atoms with E-state index in [4.69, 9.17) is 4.43 Å². The summed E-state index contributed by atoms with van der Waals surface area (Å²) in [6, 6.07) is 1.06. The van der Waals surface area contributed by atoms with E-state index < -0.39 is 8.32 Å². The van der Waals surface area contributed by atoms with Crippen LogP contribution in [0.4, 0.5) is 0 Å². The quantitative estimate of drug-likeness (QED) is 0.374. The van der Waals surface area contributed by atoms with Crippen molar-refractivity contribution < 1.29 is 9.22 Å². The molecule has 76 valence electrons. The van der Waals surface area contributed by atoms with Crippen LogP contribution in [0.25, 0.3) is 0 Å². The standard InChI is InChI=1S/C10H20O2Si/c1-5-7-8-9-13(3,4)12-10(11)6-2/h6H,2,5,7-9H2,1,3-4H3. The zero-order valence-electron chi connectivity index (χ0n) is 8.93. The second kappa shape index (κ2) is 5.97. The number of unbranched alkanes of at least 4 members (excludes halogenated alkanes) is 2. The van der Waals surface area contributed by atoms with Gasteiger partial charge in [-0.1, -0.05) is 32.8 Å². The van der Waals surface area contributed by atoms with E-state index in [0.717, 1.165) is 6.04 Å². The van der Waals surface area contributed by atoms with Gasteiger partial charge in [0.2, 0.25) is 8.32 Å². The van der Waals surface area contributed by atoms with Gasteiger partial charge in [-0.25, -0.2) is 4.79 Å². The first-order chi connectivity index (χ1) is 6.02. The van der Waals surface area contributed by atoms with E-state index in [9.17, 15) is 4.79 Å². The van der Waals surface area contributed by atoms with Gasteiger partial charge in [-0.15, -0.1) is 0 Å². The zero-order valence-corrected chi connectivity index (χ0v) is 9.93. The third-order valence-corrected chi connectivity index (χ3v) is 4.24. The van der Waals surface area contributed by atoms with Crippen molar-refractivity contribution in [2.45, 2.75) is 45.3 Å². The molecule has 0 spiro atoms. The Hall–Kier alpha value is -0.573. The molecule has 0 rings (SSSR count). The molecule has 0 bridgehead atoms. The van der Waals surface area contributed by atoms with Gasteiger partial charge in [0.05, 0.1) is 0 Å². The lowest BCUT2D eigenvalue weighted by molar-refractivity contribution is -0.129. The zero-order chi connectivity index (χ0) is 10.3. The summed E-state index contributed by atoms with van der Waals surface area (Å²) in [5.74, 6) is -0.270. The maximum atomic E-state index is 11.0. The van der Waals surface area contributed by atoms with E-state index in [-0.39, 0.29) is 5.97 Å². The van der Waals surface area contributed by atoms with Crippen LogP contribution in [-0.2, 0) is 9.22 Å². The van der Waals surface area contributed by atoms with Crippen molar-refractivity contribution in [3.63, 3.8) is 0 Å². The van der Waals surface area contributed by atoms with Crippen molar-refractivity contribution in [2.75, 3.05) is 0 Å². The molecule has 0 amide bonds. The molecule has 13 heavy (non-hydrogen) atoms. The van der Waals surface area contributed by atoms with Gasteiger partial charge in [-0.2, -0.15) is 0 Å². The molecule has 0 aromatic heterocycles. The summed E-state index contributed by atoms with van der Waals surface area (Å²) in [4.78, 5) is 11.0. The first-order valence-electron chi connectivity index (χ1n) is 4.87. The molecular weight excluding hydrogens is 180 g/mol. The Morgan fingerprint density at radius 2 is 2.08 bits per heavy atom. The maximum absolute atomic E-state index is 11.0. The maximum Gasteiger partial charge on any atom is 0.316 e.